The van der Waals surface area contributed by atoms with Gasteiger partial charge in [-0.2, -0.15) is 0 Å². The second-order valence-corrected chi connectivity index (χ2v) is 12.7. The van der Waals surface area contributed by atoms with Crippen LogP contribution in [0, 0.1) is 40.4 Å². The third-order valence-electron chi connectivity index (χ3n) is 11.1. The van der Waals surface area contributed by atoms with E-state index in [0.717, 1.165) is 42.4 Å². The maximum atomic E-state index is 11.0. The van der Waals surface area contributed by atoms with E-state index in [4.69, 9.17) is 24.1 Å². The summed E-state index contributed by atoms with van der Waals surface area (Å²) >= 11 is 0. The van der Waals surface area contributed by atoms with Crippen molar-refractivity contribution in [3.05, 3.63) is 0 Å². The SMILES string of the molecule is COCCOCCOCCOC1CCC2(C)C(CCC3C4CCC(CCCC(=O)O)C4(C)CCC32)C1. The van der Waals surface area contributed by atoms with Gasteiger partial charge in [-0.25, -0.2) is 0 Å². The average Bonchev–Trinajstić information content (AvgIpc) is 3.19. The highest BCUT2D eigenvalue weighted by Gasteiger charge is 2.59. The number of rotatable bonds is 14. The summed E-state index contributed by atoms with van der Waals surface area (Å²) in [5.74, 6) is 3.50. The van der Waals surface area contributed by atoms with Gasteiger partial charge in [0, 0.05) is 13.5 Å². The molecular formula is C30H52O6. The Balaban J connectivity index is 1.22. The Morgan fingerprint density at radius 3 is 2.28 bits per heavy atom. The van der Waals surface area contributed by atoms with Gasteiger partial charge in [-0.3, -0.25) is 4.79 Å². The minimum atomic E-state index is -0.639. The van der Waals surface area contributed by atoms with Gasteiger partial charge in [0.1, 0.15) is 0 Å². The van der Waals surface area contributed by atoms with Gasteiger partial charge < -0.3 is 24.1 Å². The van der Waals surface area contributed by atoms with Crippen molar-refractivity contribution < 1.29 is 28.8 Å². The van der Waals surface area contributed by atoms with Gasteiger partial charge in [-0.15, -0.1) is 0 Å². The lowest BCUT2D eigenvalue weighted by Crippen LogP contribution is -2.54. The van der Waals surface area contributed by atoms with Crippen molar-refractivity contribution in [3.8, 4) is 0 Å². The van der Waals surface area contributed by atoms with Crippen LogP contribution in [0.3, 0.4) is 0 Å². The summed E-state index contributed by atoms with van der Waals surface area (Å²) in [6, 6.07) is 0. The van der Waals surface area contributed by atoms with E-state index in [0.29, 0.717) is 63.0 Å². The van der Waals surface area contributed by atoms with Crippen molar-refractivity contribution in [3.63, 3.8) is 0 Å². The quantitative estimate of drug-likeness (QED) is 0.292. The summed E-state index contributed by atoms with van der Waals surface area (Å²) in [4.78, 5) is 11.0. The number of ether oxygens (including phenoxy) is 4. The van der Waals surface area contributed by atoms with Crippen LogP contribution in [0.2, 0.25) is 0 Å². The summed E-state index contributed by atoms with van der Waals surface area (Å²) in [5, 5.41) is 9.09. The molecule has 4 aliphatic rings. The van der Waals surface area contributed by atoms with Crippen LogP contribution in [-0.4, -0.2) is 63.9 Å². The highest BCUT2D eigenvalue weighted by atomic mass is 16.6. The first-order chi connectivity index (χ1) is 17.4. The van der Waals surface area contributed by atoms with Gasteiger partial charge >= 0.3 is 5.97 Å². The lowest BCUT2D eigenvalue weighted by molar-refractivity contribution is -0.138. The Morgan fingerprint density at radius 2 is 1.53 bits per heavy atom. The third-order valence-corrected chi connectivity index (χ3v) is 11.1. The molecule has 0 aromatic heterocycles. The number of aliphatic carboxylic acids is 1. The first kappa shape index (κ1) is 28.3. The molecular weight excluding hydrogens is 456 g/mol. The third kappa shape index (κ3) is 6.30. The average molecular weight is 509 g/mol. The Bertz CT molecular complexity index is 699. The standard InChI is InChI=1S/C30H52O6/c1-29-14-12-27-25(26(29)10-8-22(29)5-4-6-28(31)32)9-7-23-21-24(11-13-30(23,27)2)36-20-19-35-18-17-34-16-15-33-3/h22-27H,4-21H2,1-3H3,(H,31,32). The van der Waals surface area contributed by atoms with Crippen molar-refractivity contribution in [2.75, 3.05) is 46.8 Å². The maximum absolute atomic E-state index is 11.0. The van der Waals surface area contributed by atoms with Gasteiger partial charge in [-0.1, -0.05) is 13.8 Å². The van der Waals surface area contributed by atoms with Gasteiger partial charge in [0.2, 0.25) is 0 Å². The molecule has 0 radical (unpaired) electrons. The fourth-order valence-electron chi connectivity index (χ4n) is 9.19. The lowest BCUT2D eigenvalue weighted by Gasteiger charge is -2.61. The molecule has 0 spiro atoms. The summed E-state index contributed by atoms with van der Waals surface area (Å²) in [6.45, 7) is 8.99. The first-order valence-corrected chi connectivity index (χ1v) is 14.9. The van der Waals surface area contributed by atoms with Crippen molar-refractivity contribution in [2.24, 2.45) is 40.4 Å². The molecule has 36 heavy (non-hydrogen) atoms. The highest BCUT2D eigenvalue weighted by molar-refractivity contribution is 5.66. The lowest BCUT2D eigenvalue weighted by atomic mass is 9.44. The molecule has 0 bridgehead atoms. The monoisotopic (exact) mass is 508 g/mol. The molecule has 6 heteroatoms. The predicted octanol–water partition coefficient (Wildman–Crippen LogP) is 5.97. The molecule has 0 aromatic carbocycles. The Labute approximate surface area is 219 Å². The molecule has 6 nitrogen and oxygen atoms in total. The Morgan fingerprint density at radius 1 is 0.833 bits per heavy atom. The Hall–Kier alpha value is -0.690. The van der Waals surface area contributed by atoms with E-state index in [2.05, 4.69) is 13.8 Å². The zero-order chi connectivity index (χ0) is 25.6. The van der Waals surface area contributed by atoms with E-state index >= 15 is 0 Å². The molecule has 0 amide bonds. The van der Waals surface area contributed by atoms with E-state index in [9.17, 15) is 4.79 Å². The molecule has 4 aliphatic carbocycles. The van der Waals surface area contributed by atoms with Crippen molar-refractivity contribution in [1.29, 1.82) is 0 Å². The Kier molecular flexibility index (Phi) is 10.2. The van der Waals surface area contributed by atoms with Crippen LogP contribution in [0.5, 0.6) is 0 Å². The van der Waals surface area contributed by atoms with Gasteiger partial charge in [-0.05, 0) is 111 Å². The van der Waals surface area contributed by atoms with Crippen LogP contribution < -0.4 is 0 Å². The fraction of sp³-hybridized carbons (Fsp3) is 0.967. The smallest absolute Gasteiger partial charge is 0.303 e. The maximum Gasteiger partial charge on any atom is 0.303 e. The number of hydrogen-bond acceptors (Lipinski definition) is 5. The van der Waals surface area contributed by atoms with E-state index in [1.54, 1.807) is 7.11 Å². The van der Waals surface area contributed by atoms with Gasteiger partial charge in [0.05, 0.1) is 45.7 Å². The molecule has 4 fully saturated rings. The molecule has 208 valence electrons. The molecule has 0 heterocycles. The largest absolute Gasteiger partial charge is 0.481 e. The van der Waals surface area contributed by atoms with Crippen molar-refractivity contribution in [2.45, 2.75) is 97.0 Å². The number of carboxylic acid groups (broad SMARTS) is 1. The van der Waals surface area contributed by atoms with E-state index in [-0.39, 0.29) is 0 Å². The number of fused-ring (bicyclic) bond motifs is 5. The van der Waals surface area contributed by atoms with Crippen LogP contribution >= 0.6 is 0 Å². The molecule has 1 N–H and O–H groups in total. The van der Waals surface area contributed by atoms with Gasteiger partial charge in [0.15, 0.2) is 0 Å². The highest BCUT2D eigenvalue weighted by Crippen LogP contribution is 2.68. The molecule has 0 saturated heterocycles. The van der Waals surface area contributed by atoms with Crippen molar-refractivity contribution >= 4 is 5.97 Å². The minimum Gasteiger partial charge on any atom is -0.481 e. The second-order valence-electron chi connectivity index (χ2n) is 12.7. The van der Waals surface area contributed by atoms with E-state index in [1.807, 2.05) is 0 Å². The number of carboxylic acids is 1. The summed E-state index contributed by atoms with van der Waals surface area (Å²) in [7, 11) is 1.68. The zero-order valence-electron chi connectivity index (χ0n) is 23.2. The van der Waals surface area contributed by atoms with Crippen LogP contribution in [-0.2, 0) is 23.7 Å². The molecule has 8 atom stereocenters. The normalized spacial score (nSPS) is 39.9. The zero-order valence-corrected chi connectivity index (χ0v) is 23.2. The fourth-order valence-corrected chi connectivity index (χ4v) is 9.19. The second kappa shape index (κ2) is 12.9. The summed E-state index contributed by atoms with van der Waals surface area (Å²) in [6.07, 6.45) is 14.6. The van der Waals surface area contributed by atoms with E-state index in [1.165, 1.54) is 57.8 Å². The minimum absolute atomic E-state index is 0.335. The topological polar surface area (TPSA) is 74.2 Å². The van der Waals surface area contributed by atoms with Gasteiger partial charge in [0.25, 0.3) is 0 Å². The molecule has 4 saturated carbocycles. The molecule has 0 aliphatic heterocycles. The number of carbonyl (C=O) groups is 1. The molecule has 8 unspecified atom stereocenters. The van der Waals surface area contributed by atoms with Crippen LogP contribution in [0.1, 0.15) is 90.9 Å². The summed E-state index contributed by atoms with van der Waals surface area (Å²) < 4.78 is 22.4. The van der Waals surface area contributed by atoms with Crippen molar-refractivity contribution in [1.82, 2.24) is 0 Å². The number of hydrogen-bond donors (Lipinski definition) is 1. The van der Waals surface area contributed by atoms with Crippen LogP contribution in [0.4, 0.5) is 0 Å². The molecule has 4 rings (SSSR count). The van der Waals surface area contributed by atoms with Crippen LogP contribution in [0.15, 0.2) is 0 Å². The predicted molar refractivity (Wildman–Crippen MR) is 140 cm³/mol. The van der Waals surface area contributed by atoms with E-state index < -0.39 is 5.97 Å². The van der Waals surface area contributed by atoms with Crippen LogP contribution in [0.25, 0.3) is 0 Å². The first-order valence-electron chi connectivity index (χ1n) is 14.9. The summed E-state index contributed by atoms with van der Waals surface area (Å²) in [5.41, 5.74) is 0.916. The molecule has 0 aromatic rings. The number of methoxy groups -OCH3 is 1.